The van der Waals surface area contributed by atoms with Gasteiger partial charge in [0, 0.05) is 14.1 Å². The van der Waals surface area contributed by atoms with E-state index in [0.717, 1.165) is 19.1 Å². The minimum atomic E-state index is -0.235. The molecule has 2 rings (SSSR count). The molecule has 2 aliphatic rings. The van der Waals surface area contributed by atoms with E-state index in [-0.39, 0.29) is 30.0 Å². The second-order valence-corrected chi connectivity index (χ2v) is 4.26. The van der Waals surface area contributed by atoms with Gasteiger partial charge in [-0.3, -0.25) is 4.79 Å². The van der Waals surface area contributed by atoms with E-state index >= 15 is 0 Å². The minimum absolute atomic E-state index is 0.00796. The van der Waals surface area contributed by atoms with Crippen molar-refractivity contribution in [2.75, 3.05) is 14.1 Å². The molecule has 4 heteroatoms. The van der Waals surface area contributed by atoms with E-state index in [1.54, 1.807) is 19.0 Å². The average Bonchev–Trinajstić information content (AvgIpc) is 2.74. The molecule has 2 heterocycles. The van der Waals surface area contributed by atoms with E-state index in [1.807, 2.05) is 0 Å². The number of hydrogen-bond acceptors (Lipinski definition) is 3. The molecule has 2 bridgehead atoms. The van der Waals surface area contributed by atoms with Crippen molar-refractivity contribution in [1.82, 2.24) is 4.90 Å². The Morgan fingerprint density at radius 1 is 1.36 bits per heavy atom. The van der Waals surface area contributed by atoms with Crippen LogP contribution in [0, 0.1) is 11.8 Å². The fraction of sp³-hybridized carbons (Fsp3) is 0.800. The summed E-state index contributed by atoms with van der Waals surface area (Å²) >= 11 is 0. The summed E-state index contributed by atoms with van der Waals surface area (Å²) in [6.07, 6.45) is 2.69. The van der Waals surface area contributed by atoms with Gasteiger partial charge in [0.2, 0.25) is 5.91 Å². The lowest BCUT2D eigenvalue weighted by molar-refractivity contribution is -0.137. The fourth-order valence-corrected chi connectivity index (χ4v) is 2.51. The Bertz CT molecular complexity index is 264. The summed E-state index contributed by atoms with van der Waals surface area (Å²) in [5.41, 5.74) is 0. The zero-order valence-electron chi connectivity index (χ0n) is 8.47. The number of fused-ring (bicyclic) bond motifs is 2. The standard InChI is InChI=1S/C10H15NO3/c1-11(2)10(13)9-6(5-12)7-3-4-8(9)14-7/h5-9H,3-4H2,1-2H3. The van der Waals surface area contributed by atoms with Gasteiger partial charge in [-0.15, -0.1) is 0 Å². The van der Waals surface area contributed by atoms with Crippen molar-refractivity contribution in [3.63, 3.8) is 0 Å². The lowest BCUT2D eigenvalue weighted by Gasteiger charge is -2.25. The lowest BCUT2D eigenvalue weighted by atomic mass is 9.79. The predicted molar refractivity (Wildman–Crippen MR) is 49.6 cm³/mol. The molecule has 1 amide bonds. The number of nitrogens with zero attached hydrogens (tertiary/aromatic N) is 1. The molecule has 2 aliphatic heterocycles. The van der Waals surface area contributed by atoms with Crippen LogP contribution in [0.5, 0.6) is 0 Å². The molecule has 78 valence electrons. The van der Waals surface area contributed by atoms with Crippen LogP contribution < -0.4 is 0 Å². The van der Waals surface area contributed by atoms with Crippen molar-refractivity contribution >= 4 is 12.2 Å². The summed E-state index contributed by atoms with van der Waals surface area (Å²) < 4.78 is 5.58. The zero-order valence-corrected chi connectivity index (χ0v) is 8.47. The number of carbonyl (C=O) groups excluding carboxylic acids is 2. The highest BCUT2D eigenvalue weighted by molar-refractivity contribution is 5.83. The van der Waals surface area contributed by atoms with Crippen LogP contribution in [-0.2, 0) is 14.3 Å². The molecule has 0 saturated carbocycles. The van der Waals surface area contributed by atoms with Gasteiger partial charge in [0.15, 0.2) is 0 Å². The predicted octanol–water partition coefficient (Wildman–Crippen LogP) is 0.0671. The molecule has 2 saturated heterocycles. The van der Waals surface area contributed by atoms with Gasteiger partial charge >= 0.3 is 0 Å². The molecule has 0 radical (unpaired) electrons. The molecule has 14 heavy (non-hydrogen) atoms. The summed E-state index contributed by atoms with van der Waals surface area (Å²) in [4.78, 5) is 24.2. The summed E-state index contributed by atoms with van der Waals surface area (Å²) in [6, 6.07) is 0. The fourth-order valence-electron chi connectivity index (χ4n) is 2.51. The maximum Gasteiger partial charge on any atom is 0.228 e. The molecule has 2 fully saturated rings. The van der Waals surface area contributed by atoms with Crippen molar-refractivity contribution in [3.05, 3.63) is 0 Å². The van der Waals surface area contributed by atoms with Crippen LogP contribution in [0.4, 0.5) is 0 Å². The molecule has 4 atom stereocenters. The number of hydrogen-bond donors (Lipinski definition) is 0. The van der Waals surface area contributed by atoms with Crippen molar-refractivity contribution in [3.8, 4) is 0 Å². The summed E-state index contributed by atoms with van der Waals surface area (Å²) in [5, 5.41) is 0. The monoisotopic (exact) mass is 197 g/mol. The first-order chi connectivity index (χ1) is 6.65. The molecular formula is C10H15NO3. The van der Waals surface area contributed by atoms with Crippen LogP contribution in [0.25, 0.3) is 0 Å². The first kappa shape index (κ1) is 9.65. The maximum absolute atomic E-state index is 11.8. The first-order valence-electron chi connectivity index (χ1n) is 4.97. The zero-order chi connectivity index (χ0) is 10.3. The topological polar surface area (TPSA) is 46.6 Å². The van der Waals surface area contributed by atoms with Crippen LogP contribution in [0.1, 0.15) is 12.8 Å². The largest absolute Gasteiger partial charge is 0.373 e. The second kappa shape index (κ2) is 3.35. The van der Waals surface area contributed by atoms with E-state index in [9.17, 15) is 9.59 Å². The quantitative estimate of drug-likeness (QED) is 0.588. The van der Waals surface area contributed by atoms with E-state index in [1.165, 1.54) is 0 Å². The van der Waals surface area contributed by atoms with Crippen molar-refractivity contribution in [2.45, 2.75) is 25.0 Å². The third kappa shape index (κ3) is 1.25. The maximum atomic E-state index is 11.8. The van der Waals surface area contributed by atoms with Gasteiger partial charge in [-0.1, -0.05) is 0 Å². The molecule has 0 aromatic heterocycles. The van der Waals surface area contributed by atoms with Crippen molar-refractivity contribution in [1.29, 1.82) is 0 Å². The van der Waals surface area contributed by atoms with Crippen LogP contribution in [0.15, 0.2) is 0 Å². The van der Waals surface area contributed by atoms with Gasteiger partial charge < -0.3 is 14.4 Å². The number of rotatable bonds is 2. The van der Waals surface area contributed by atoms with Crippen LogP contribution in [0.3, 0.4) is 0 Å². The SMILES string of the molecule is CN(C)C(=O)C1C2CCC(O2)C1C=O. The van der Waals surface area contributed by atoms with Crippen LogP contribution >= 0.6 is 0 Å². The molecular weight excluding hydrogens is 182 g/mol. The third-order valence-corrected chi connectivity index (χ3v) is 3.21. The lowest BCUT2D eigenvalue weighted by Crippen LogP contribution is -2.40. The van der Waals surface area contributed by atoms with Gasteiger partial charge in [0.05, 0.1) is 24.0 Å². The Morgan fingerprint density at radius 2 is 2.00 bits per heavy atom. The van der Waals surface area contributed by atoms with E-state index in [2.05, 4.69) is 0 Å². The second-order valence-electron chi connectivity index (χ2n) is 4.26. The molecule has 0 aromatic rings. The first-order valence-corrected chi connectivity index (χ1v) is 4.97. The molecule has 4 unspecified atom stereocenters. The van der Waals surface area contributed by atoms with Crippen molar-refractivity contribution in [2.24, 2.45) is 11.8 Å². The average molecular weight is 197 g/mol. The summed E-state index contributed by atoms with van der Waals surface area (Å²) in [7, 11) is 3.44. The number of aldehydes is 1. The molecule has 4 nitrogen and oxygen atoms in total. The Hall–Kier alpha value is -0.900. The Morgan fingerprint density at radius 3 is 2.57 bits per heavy atom. The van der Waals surface area contributed by atoms with Gasteiger partial charge in [0.25, 0.3) is 0 Å². The Kier molecular flexibility index (Phi) is 2.31. The minimum Gasteiger partial charge on any atom is -0.373 e. The van der Waals surface area contributed by atoms with Gasteiger partial charge in [-0.25, -0.2) is 0 Å². The van der Waals surface area contributed by atoms with Gasteiger partial charge in [-0.05, 0) is 12.8 Å². The summed E-state index contributed by atoms with van der Waals surface area (Å²) in [6.45, 7) is 0. The molecule has 0 spiro atoms. The van der Waals surface area contributed by atoms with E-state index < -0.39 is 0 Å². The Labute approximate surface area is 83.2 Å². The normalized spacial score (nSPS) is 39.9. The van der Waals surface area contributed by atoms with Gasteiger partial charge in [-0.2, -0.15) is 0 Å². The highest BCUT2D eigenvalue weighted by Crippen LogP contribution is 2.42. The van der Waals surface area contributed by atoms with E-state index in [4.69, 9.17) is 4.74 Å². The Balaban J connectivity index is 2.18. The molecule has 0 aliphatic carbocycles. The van der Waals surface area contributed by atoms with Crippen LogP contribution in [0.2, 0.25) is 0 Å². The number of ether oxygens (including phenoxy) is 1. The number of amides is 1. The highest BCUT2D eigenvalue weighted by Gasteiger charge is 2.52. The van der Waals surface area contributed by atoms with Crippen molar-refractivity contribution < 1.29 is 14.3 Å². The molecule has 0 N–H and O–H groups in total. The smallest absolute Gasteiger partial charge is 0.228 e. The van der Waals surface area contributed by atoms with Gasteiger partial charge in [0.1, 0.15) is 6.29 Å². The highest BCUT2D eigenvalue weighted by atomic mass is 16.5. The number of carbonyl (C=O) groups is 2. The third-order valence-electron chi connectivity index (χ3n) is 3.21. The van der Waals surface area contributed by atoms with E-state index in [0.29, 0.717) is 0 Å². The summed E-state index contributed by atoms with van der Waals surface area (Å²) in [5.74, 6) is -0.431. The molecule has 0 aromatic carbocycles. The van der Waals surface area contributed by atoms with Crippen LogP contribution in [-0.4, -0.2) is 43.4 Å².